The molecule has 0 radical (unpaired) electrons. The molecule has 0 amide bonds. The summed E-state index contributed by atoms with van der Waals surface area (Å²) in [6.07, 6.45) is 9.08. The third-order valence-corrected chi connectivity index (χ3v) is 4.44. The second-order valence-corrected chi connectivity index (χ2v) is 5.83. The monoisotopic (exact) mass is 222 g/mol. The van der Waals surface area contributed by atoms with E-state index in [9.17, 15) is 0 Å². The van der Waals surface area contributed by atoms with E-state index in [1.807, 2.05) is 0 Å². The van der Waals surface area contributed by atoms with E-state index in [4.69, 9.17) is 0 Å². The molecule has 0 aromatic heterocycles. The molecule has 92 valence electrons. The Morgan fingerprint density at radius 2 is 1.94 bits per heavy atom. The molecule has 2 aliphatic carbocycles. The maximum atomic E-state index is 2.58. The van der Waals surface area contributed by atoms with Crippen LogP contribution < -0.4 is 0 Å². The summed E-state index contributed by atoms with van der Waals surface area (Å²) in [6.45, 7) is 9.41. The van der Waals surface area contributed by atoms with Crippen LogP contribution in [0.3, 0.4) is 0 Å². The van der Waals surface area contributed by atoms with Gasteiger partial charge in [0.1, 0.15) is 0 Å². The van der Waals surface area contributed by atoms with Gasteiger partial charge in [-0.3, -0.25) is 0 Å². The number of hydrogen-bond donors (Lipinski definition) is 0. The molecular formula is C15H26O. The zero-order chi connectivity index (χ0) is 11.0. The van der Waals surface area contributed by atoms with E-state index in [2.05, 4.69) is 39.8 Å². The Labute approximate surface area is 99.9 Å². The quantitative estimate of drug-likeness (QED) is 0.605. The largest absolute Gasteiger partial charge is 0.412 e. The summed E-state index contributed by atoms with van der Waals surface area (Å²) in [4.78, 5) is 0. The van der Waals surface area contributed by atoms with Crippen molar-refractivity contribution in [3.63, 3.8) is 0 Å². The highest BCUT2D eigenvalue weighted by atomic mass is 16.0. The zero-order valence-electron chi connectivity index (χ0n) is 11.1. The molecule has 0 unspecified atom stereocenters. The van der Waals surface area contributed by atoms with Crippen molar-refractivity contribution in [3.05, 3.63) is 23.3 Å². The summed E-state index contributed by atoms with van der Waals surface area (Å²) >= 11 is 0. The van der Waals surface area contributed by atoms with Crippen LogP contribution in [0.2, 0.25) is 0 Å². The Morgan fingerprint density at radius 3 is 2.56 bits per heavy atom. The highest BCUT2D eigenvalue weighted by Crippen LogP contribution is 2.45. The third kappa shape index (κ3) is 2.40. The summed E-state index contributed by atoms with van der Waals surface area (Å²) in [5, 5.41) is 0. The first-order valence-corrected chi connectivity index (χ1v) is 6.43. The average Bonchev–Trinajstić information content (AvgIpc) is 2.17. The van der Waals surface area contributed by atoms with Crippen molar-refractivity contribution >= 4 is 0 Å². The Morgan fingerprint density at radius 1 is 1.25 bits per heavy atom. The smallest absolute Gasteiger partial charge is 0.0132 e. The highest BCUT2D eigenvalue weighted by Gasteiger charge is 2.34. The van der Waals surface area contributed by atoms with E-state index in [-0.39, 0.29) is 5.48 Å². The molecule has 0 fully saturated rings. The molecule has 1 heteroatoms. The molecule has 0 saturated heterocycles. The van der Waals surface area contributed by atoms with E-state index in [0.29, 0.717) is 0 Å². The minimum atomic E-state index is 0. The fraction of sp³-hybridized carbons (Fsp3) is 0.733. The molecule has 3 atom stereocenters. The predicted octanol–water partition coefficient (Wildman–Crippen LogP) is 3.76. The summed E-state index contributed by atoms with van der Waals surface area (Å²) in [5.41, 5.74) is 3.28. The molecule has 0 aromatic carbocycles. The summed E-state index contributed by atoms with van der Waals surface area (Å²) in [6, 6.07) is 0. The van der Waals surface area contributed by atoms with E-state index < -0.39 is 0 Å². The van der Waals surface area contributed by atoms with Crippen molar-refractivity contribution in [2.24, 2.45) is 23.7 Å². The summed E-state index contributed by atoms with van der Waals surface area (Å²) in [7, 11) is 0. The maximum Gasteiger partial charge on any atom is -0.0132 e. The molecule has 0 aliphatic heterocycles. The van der Waals surface area contributed by atoms with Gasteiger partial charge in [0.25, 0.3) is 0 Å². The fourth-order valence-corrected chi connectivity index (χ4v) is 3.40. The molecular weight excluding hydrogens is 196 g/mol. The predicted molar refractivity (Wildman–Crippen MR) is 70.3 cm³/mol. The van der Waals surface area contributed by atoms with Gasteiger partial charge in [0.2, 0.25) is 0 Å². The minimum absolute atomic E-state index is 0. The van der Waals surface area contributed by atoms with Gasteiger partial charge in [0, 0.05) is 0 Å². The van der Waals surface area contributed by atoms with Gasteiger partial charge in [0.05, 0.1) is 0 Å². The Balaban J connectivity index is 0.00000128. The molecule has 0 aromatic rings. The highest BCUT2D eigenvalue weighted by molar-refractivity contribution is 5.20. The van der Waals surface area contributed by atoms with E-state index >= 15 is 0 Å². The van der Waals surface area contributed by atoms with Gasteiger partial charge in [-0.1, -0.05) is 37.1 Å². The SMILES string of the molecule is CC1=C[C@H]2[C@@H](CC1)C(C)=CC[C@H]2C(C)C.O. The molecule has 2 rings (SSSR count). The fourth-order valence-electron chi connectivity index (χ4n) is 3.40. The zero-order valence-corrected chi connectivity index (χ0v) is 11.1. The van der Waals surface area contributed by atoms with E-state index in [1.165, 1.54) is 19.3 Å². The maximum absolute atomic E-state index is 2.58. The second-order valence-electron chi connectivity index (χ2n) is 5.83. The van der Waals surface area contributed by atoms with Crippen molar-refractivity contribution in [3.8, 4) is 0 Å². The van der Waals surface area contributed by atoms with Crippen molar-refractivity contribution < 1.29 is 5.48 Å². The molecule has 1 nitrogen and oxygen atoms in total. The Hall–Kier alpha value is -0.560. The Bertz CT molecular complexity index is 299. The lowest BCUT2D eigenvalue weighted by Crippen LogP contribution is -2.31. The Kier molecular flexibility index (Phi) is 4.37. The molecule has 16 heavy (non-hydrogen) atoms. The van der Waals surface area contributed by atoms with Crippen LogP contribution in [0, 0.1) is 23.7 Å². The van der Waals surface area contributed by atoms with Crippen molar-refractivity contribution in [2.45, 2.75) is 47.0 Å². The van der Waals surface area contributed by atoms with Gasteiger partial charge in [-0.15, -0.1) is 0 Å². The van der Waals surface area contributed by atoms with Gasteiger partial charge in [0.15, 0.2) is 0 Å². The van der Waals surface area contributed by atoms with Gasteiger partial charge in [-0.25, -0.2) is 0 Å². The molecule has 0 heterocycles. The third-order valence-electron chi connectivity index (χ3n) is 4.44. The van der Waals surface area contributed by atoms with Crippen molar-refractivity contribution in [1.29, 1.82) is 0 Å². The lowest BCUT2D eigenvalue weighted by molar-refractivity contribution is 0.210. The van der Waals surface area contributed by atoms with Crippen molar-refractivity contribution in [2.75, 3.05) is 0 Å². The van der Waals surface area contributed by atoms with E-state index in [1.54, 1.807) is 11.1 Å². The topological polar surface area (TPSA) is 31.5 Å². The first kappa shape index (κ1) is 13.5. The van der Waals surface area contributed by atoms with Gasteiger partial charge in [-0.05, 0) is 56.8 Å². The van der Waals surface area contributed by atoms with Crippen LogP contribution in [0.25, 0.3) is 0 Å². The molecule has 2 aliphatic rings. The number of rotatable bonds is 1. The van der Waals surface area contributed by atoms with Crippen molar-refractivity contribution in [1.82, 2.24) is 0 Å². The lowest BCUT2D eigenvalue weighted by Gasteiger charge is -2.41. The van der Waals surface area contributed by atoms with Gasteiger partial charge in [-0.2, -0.15) is 0 Å². The lowest BCUT2D eigenvalue weighted by atomic mass is 9.64. The summed E-state index contributed by atoms with van der Waals surface area (Å²) < 4.78 is 0. The van der Waals surface area contributed by atoms with Crippen LogP contribution in [0.4, 0.5) is 0 Å². The second kappa shape index (κ2) is 5.18. The van der Waals surface area contributed by atoms with Gasteiger partial charge < -0.3 is 5.48 Å². The normalized spacial score (nSPS) is 33.7. The first-order valence-electron chi connectivity index (χ1n) is 6.43. The van der Waals surface area contributed by atoms with Crippen LogP contribution in [-0.4, -0.2) is 5.48 Å². The summed E-state index contributed by atoms with van der Waals surface area (Å²) in [5.74, 6) is 3.40. The molecule has 0 saturated carbocycles. The van der Waals surface area contributed by atoms with E-state index in [0.717, 1.165) is 23.7 Å². The minimum Gasteiger partial charge on any atom is -0.412 e. The van der Waals surface area contributed by atoms with Gasteiger partial charge >= 0.3 is 0 Å². The molecule has 2 N–H and O–H groups in total. The number of fused-ring (bicyclic) bond motifs is 1. The number of allylic oxidation sites excluding steroid dienone is 4. The average molecular weight is 222 g/mol. The van der Waals surface area contributed by atoms with Crippen LogP contribution in [0.15, 0.2) is 23.3 Å². The van der Waals surface area contributed by atoms with Crippen LogP contribution in [-0.2, 0) is 0 Å². The first-order chi connectivity index (χ1) is 7.09. The van der Waals surface area contributed by atoms with Crippen LogP contribution >= 0.6 is 0 Å². The standard InChI is InChI=1S/C15H24.H2O/c1-10(2)13-8-6-12(4)14-7-5-11(3)9-15(13)14;/h6,9-10,13-15H,5,7-8H2,1-4H3;1H2/t13-,14-,15+;/m0./s1. The van der Waals surface area contributed by atoms with Crippen LogP contribution in [0.5, 0.6) is 0 Å². The molecule has 0 spiro atoms. The van der Waals surface area contributed by atoms with Crippen LogP contribution in [0.1, 0.15) is 47.0 Å². The number of hydrogen-bond acceptors (Lipinski definition) is 0. The molecule has 0 bridgehead atoms.